The van der Waals surface area contributed by atoms with Gasteiger partial charge in [0.1, 0.15) is 12.4 Å². The van der Waals surface area contributed by atoms with Crippen LogP contribution in [0.15, 0.2) is 54.6 Å². The molecule has 23 heavy (non-hydrogen) atoms. The summed E-state index contributed by atoms with van der Waals surface area (Å²) in [6, 6.07) is 17.1. The Morgan fingerprint density at radius 1 is 1.04 bits per heavy atom. The fourth-order valence-corrected chi connectivity index (χ4v) is 2.77. The number of aliphatic hydroxyl groups is 1. The van der Waals surface area contributed by atoms with Gasteiger partial charge in [0.05, 0.1) is 6.10 Å². The second-order valence-corrected chi connectivity index (χ2v) is 5.78. The summed E-state index contributed by atoms with van der Waals surface area (Å²) in [7, 11) is 0. The first-order chi connectivity index (χ1) is 11.2. The van der Waals surface area contributed by atoms with Crippen molar-refractivity contribution in [1.82, 2.24) is 4.90 Å². The van der Waals surface area contributed by atoms with Gasteiger partial charge < -0.3 is 14.7 Å². The molecule has 1 amide bonds. The van der Waals surface area contributed by atoms with Crippen molar-refractivity contribution in [2.24, 2.45) is 0 Å². The van der Waals surface area contributed by atoms with Crippen LogP contribution in [0, 0.1) is 0 Å². The predicted molar refractivity (Wildman–Crippen MR) is 88.4 cm³/mol. The zero-order chi connectivity index (χ0) is 16.1. The highest BCUT2D eigenvalue weighted by Gasteiger charge is 2.23. The molecule has 4 nitrogen and oxygen atoms in total. The third-order valence-electron chi connectivity index (χ3n) is 4.14. The minimum Gasteiger partial charge on any atom is -0.489 e. The van der Waals surface area contributed by atoms with Crippen molar-refractivity contribution < 1.29 is 14.6 Å². The second-order valence-electron chi connectivity index (χ2n) is 5.78. The average molecular weight is 311 g/mol. The number of para-hydroxylation sites is 1. The molecule has 0 radical (unpaired) electrons. The molecule has 0 unspecified atom stereocenters. The maximum Gasteiger partial charge on any atom is 0.254 e. The van der Waals surface area contributed by atoms with Gasteiger partial charge >= 0.3 is 0 Å². The van der Waals surface area contributed by atoms with Crippen molar-refractivity contribution in [1.29, 1.82) is 0 Å². The molecule has 1 saturated heterocycles. The standard InChI is InChI=1S/C19H21NO3/c21-16-10-12-20(13-11-16)19(22)18-9-5-4-6-15(18)14-23-17-7-2-1-3-8-17/h1-9,16,21H,10-14H2. The zero-order valence-electron chi connectivity index (χ0n) is 13.0. The van der Waals surface area contributed by atoms with Gasteiger partial charge in [-0.2, -0.15) is 0 Å². The monoisotopic (exact) mass is 311 g/mol. The molecule has 0 aromatic heterocycles. The lowest BCUT2D eigenvalue weighted by Gasteiger charge is -2.30. The Morgan fingerprint density at radius 2 is 1.70 bits per heavy atom. The van der Waals surface area contributed by atoms with E-state index < -0.39 is 0 Å². The van der Waals surface area contributed by atoms with E-state index in [0.29, 0.717) is 38.1 Å². The highest BCUT2D eigenvalue weighted by molar-refractivity contribution is 5.95. The SMILES string of the molecule is O=C(c1ccccc1COc1ccccc1)N1CCC(O)CC1. The van der Waals surface area contributed by atoms with Gasteiger partial charge in [-0.05, 0) is 31.0 Å². The molecule has 3 rings (SSSR count). The van der Waals surface area contributed by atoms with Crippen molar-refractivity contribution >= 4 is 5.91 Å². The van der Waals surface area contributed by atoms with Gasteiger partial charge in [0, 0.05) is 24.2 Å². The van der Waals surface area contributed by atoms with Crippen LogP contribution in [-0.2, 0) is 6.61 Å². The van der Waals surface area contributed by atoms with Gasteiger partial charge in [-0.25, -0.2) is 0 Å². The van der Waals surface area contributed by atoms with Gasteiger partial charge in [-0.15, -0.1) is 0 Å². The van der Waals surface area contributed by atoms with Gasteiger partial charge in [0.2, 0.25) is 0 Å². The lowest BCUT2D eigenvalue weighted by molar-refractivity contribution is 0.0544. The van der Waals surface area contributed by atoms with Crippen LogP contribution in [0.3, 0.4) is 0 Å². The van der Waals surface area contributed by atoms with Crippen LogP contribution in [0.5, 0.6) is 5.75 Å². The van der Waals surface area contributed by atoms with Crippen LogP contribution < -0.4 is 4.74 Å². The summed E-state index contributed by atoms with van der Waals surface area (Å²) in [5.41, 5.74) is 1.56. The summed E-state index contributed by atoms with van der Waals surface area (Å²) in [4.78, 5) is 14.5. The van der Waals surface area contributed by atoms with Crippen LogP contribution in [0.4, 0.5) is 0 Å². The molecule has 2 aromatic rings. The summed E-state index contributed by atoms with van der Waals surface area (Å²) < 4.78 is 5.78. The van der Waals surface area contributed by atoms with E-state index in [9.17, 15) is 9.90 Å². The Labute approximate surface area is 136 Å². The van der Waals surface area contributed by atoms with Crippen LogP contribution in [-0.4, -0.2) is 35.1 Å². The molecule has 0 aliphatic carbocycles. The zero-order valence-corrected chi connectivity index (χ0v) is 13.0. The van der Waals surface area contributed by atoms with Gasteiger partial charge in [0.15, 0.2) is 0 Å². The Kier molecular flexibility index (Phi) is 4.93. The van der Waals surface area contributed by atoms with Gasteiger partial charge in [-0.1, -0.05) is 36.4 Å². The fourth-order valence-electron chi connectivity index (χ4n) is 2.77. The molecule has 2 aromatic carbocycles. The average Bonchev–Trinajstić information content (AvgIpc) is 2.61. The smallest absolute Gasteiger partial charge is 0.254 e. The number of likely N-dealkylation sites (tertiary alicyclic amines) is 1. The summed E-state index contributed by atoms with van der Waals surface area (Å²) in [6.07, 6.45) is 1.01. The number of carbonyl (C=O) groups excluding carboxylic acids is 1. The normalized spacial score (nSPS) is 15.4. The van der Waals surface area contributed by atoms with E-state index in [1.807, 2.05) is 59.5 Å². The lowest BCUT2D eigenvalue weighted by atomic mass is 10.0. The number of hydrogen-bond acceptors (Lipinski definition) is 3. The van der Waals surface area contributed by atoms with Crippen LogP contribution in [0.1, 0.15) is 28.8 Å². The molecule has 1 heterocycles. The summed E-state index contributed by atoms with van der Waals surface area (Å²) >= 11 is 0. The number of rotatable bonds is 4. The topological polar surface area (TPSA) is 49.8 Å². The Morgan fingerprint density at radius 3 is 2.43 bits per heavy atom. The van der Waals surface area contributed by atoms with E-state index in [-0.39, 0.29) is 12.0 Å². The fraction of sp³-hybridized carbons (Fsp3) is 0.316. The molecule has 0 spiro atoms. The maximum atomic E-state index is 12.7. The Hall–Kier alpha value is -2.33. The maximum absolute atomic E-state index is 12.7. The number of ether oxygens (including phenoxy) is 1. The van der Waals surface area contributed by atoms with E-state index in [4.69, 9.17) is 4.74 Å². The first-order valence-corrected chi connectivity index (χ1v) is 7.97. The molecule has 0 atom stereocenters. The van der Waals surface area contributed by atoms with E-state index in [1.54, 1.807) is 0 Å². The number of hydrogen-bond donors (Lipinski definition) is 1. The number of piperidine rings is 1. The van der Waals surface area contributed by atoms with Crippen molar-refractivity contribution in [3.63, 3.8) is 0 Å². The molecule has 4 heteroatoms. The van der Waals surface area contributed by atoms with Crippen LogP contribution in [0.2, 0.25) is 0 Å². The summed E-state index contributed by atoms with van der Waals surface area (Å²) in [5.74, 6) is 0.806. The molecule has 1 fully saturated rings. The largest absolute Gasteiger partial charge is 0.489 e. The Bertz CT molecular complexity index is 649. The van der Waals surface area contributed by atoms with Crippen molar-refractivity contribution in [3.05, 3.63) is 65.7 Å². The first kappa shape index (κ1) is 15.6. The molecular weight excluding hydrogens is 290 g/mol. The first-order valence-electron chi connectivity index (χ1n) is 7.97. The minimum absolute atomic E-state index is 0.0177. The van der Waals surface area contributed by atoms with Gasteiger partial charge in [-0.3, -0.25) is 4.79 Å². The van der Waals surface area contributed by atoms with Crippen molar-refractivity contribution in [3.8, 4) is 5.75 Å². The van der Waals surface area contributed by atoms with E-state index in [1.165, 1.54) is 0 Å². The van der Waals surface area contributed by atoms with Crippen LogP contribution >= 0.6 is 0 Å². The third kappa shape index (κ3) is 3.90. The molecule has 120 valence electrons. The highest BCUT2D eigenvalue weighted by atomic mass is 16.5. The van der Waals surface area contributed by atoms with Crippen molar-refractivity contribution in [2.45, 2.75) is 25.6 Å². The number of nitrogens with zero attached hydrogens (tertiary/aromatic N) is 1. The predicted octanol–water partition coefficient (Wildman–Crippen LogP) is 2.86. The number of aliphatic hydroxyl groups excluding tert-OH is 1. The number of benzene rings is 2. The number of amides is 1. The van der Waals surface area contributed by atoms with Crippen molar-refractivity contribution in [2.75, 3.05) is 13.1 Å². The van der Waals surface area contributed by atoms with E-state index in [0.717, 1.165) is 11.3 Å². The minimum atomic E-state index is -0.282. The molecule has 1 aliphatic heterocycles. The molecule has 1 N–H and O–H groups in total. The molecule has 0 saturated carbocycles. The second kappa shape index (κ2) is 7.29. The molecular formula is C19H21NO3. The number of carbonyl (C=O) groups is 1. The molecule has 0 bridgehead atoms. The Balaban J connectivity index is 1.71. The van der Waals surface area contributed by atoms with E-state index in [2.05, 4.69) is 0 Å². The summed E-state index contributed by atoms with van der Waals surface area (Å²) in [6.45, 7) is 1.57. The highest BCUT2D eigenvalue weighted by Crippen LogP contribution is 2.18. The van der Waals surface area contributed by atoms with Gasteiger partial charge in [0.25, 0.3) is 5.91 Å². The lowest BCUT2D eigenvalue weighted by Crippen LogP contribution is -2.40. The summed E-state index contributed by atoms with van der Waals surface area (Å²) in [5, 5.41) is 9.59. The molecule has 1 aliphatic rings. The third-order valence-corrected chi connectivity index (χ3v) is 4.14. The quantitative estimate of drug-likeness (QED) is 0.944. The van der Waals surface area contributed by atoms with Crippen LogP contribution in [0.25, 0.3) is 0 Å². The van der Waals surface area contributed by atoms with E-state index >= 15 is 0 Å².